The maximum Gasteiger partial charge on any atom is 0.191 e. The predicted molar refractivity (Wildman–Crippen MR) is 109 cm³/mol. The summed E-state index contributed by atoms with van der Waals surface area (Å²) in [5, 5.41) is 9.31. The Bertz CT molecular complexity index is 593. The topological polar surface area (TPSA) is 66.4 Å². The van der Waals surface area contributed by atoms with Gasteiger partial charge in [-0.1, -0.05) is 15.9 Å². The molecule has 0 saturated carbocycles. The van der Waals surface area contributed by atoms with E-state index in [0.717, 1.165) is 5.33 Å². The summed E-state index contributed by atoms with van der Waals surface area (Å²) in [6.07, 6.45) is -0.500. The molecule has 0 aliphatic rings. The Morgan fingerprint density at radius 2 is 1.17 bits per heavy atom. The van der Waals surface area contributed by atoms with Crippen LogP contribution in [-0.2, 0) is 18.9 Å². The highest BCUT2D eigenvalue weighted by Crippen LogP contribution is 2.11. The Kier molecular flexibility index (Phi) is 16.1. The lowest BCUT2D eigenvalue weighted by molar-refractivity contribution is -0.121. The van der Waals surface area contributed by atoms with Gasteiger partial charge in [0.1, 0.15) is 29.7 Å². The van der Waals surface area contributed by atoms with Crippen molar-refractivity contribution in [1.82, 2.24) is 0 Å². The van der Waals surface area contributed by atoms with E-state index in [1.807, 2.05) is 0 Å². The number of methoxy groups -OCH3 is 4. The normalized spacial score (nSPS) is 10.1. The first kappa shape index (κ1) is 27.2. The highest BCUT2D eigenvalue weighted by atomic mass is 79.9. The molecular formula is C20H27BrF2O6. The molecule has 1 N–H and O–H groups in total. The van der Waals surface area contributed by atoms with E-state index in [2.05, 4.69) is 15.9 Å². The van der Waals surface area contributed by atoms with Crippen LogP contribution in [0.2, 0.25) is 0 Å². The molecule has 0 heterocycles. The van der Waals surface area contributed by atoms with Gasteiger partial charge in [0.05, 0.1) is 5.33 Å². The molecule has 2 aromatic rings. The minimum atomic E-state index is -0.403. The molecule has 6 nitrogen and oxygen atoms in total. The molecule has 29 heavy (non-hydrogen) atoms. The number of phenolic OH excluding ortho intramolecular Hbond substituents is 1. The molecule has 0 aliphatic carbocycles. The van der Waals surface area contributed by atoms with Gasteiger partial charge in [0.2, 0.25) is 0 Å². The van der Waals surface area contributed by atoms with E-state index >= 15 is 0 Å². The van der Waals surface area contributed by atoms with Crippen LogP contribution in [0.25, 0.3) is 0 Å². The lowest BCUT2D eigenvalue weighted by Gasteiger charge is -2.14. The molecule has 0 bridgehead atoms. The minimum Gasteiger partial charge on any atom is -0.508 e. The number of hydrogen-bond acceptors (Lipinski definition) is 6. The lowest BCUT2D eigenvalue weighted by Crippen LogP contribution is -2.21. The summed E-state index contributed by atoms with van der Waals surface area (Å²) in [4.78, 5) is 0. The Morgan fingerprint density at radius 3 is 1.48 bits per heavy atom. The summed E-state index contributed by atoms with van der Waals surface area (Å²) in [6, 6.07) is 10.8. The second kappa shape index (κ2) is 17.1. The van der Waals surface area contributed by atoms with Gasteiger partial charge in [0.25, 0.3) is 0 Å². The average Bonchev–Trinajstić information content (AvgIpc) is 2.74. The number of halogens is 3. The third-order valence-corrected chi connectivity index (χ3v) is 3.73. The zero-order valence-electron chi connectivity index (χ0n) is 16.8. The first-order valence-electron chi connectivity index (χ1n) is 8.40. The van der Waals surface area contributed by atoms with Crippen LogP contribution in [0.1, 0.15) is 0 Å². The van der Waals surface area contributed by atoms with E-state index in [1.54, 1.807) is 26.4 Å². The van der Waals surface area contributed by atoms with Crippen LogP contribution in [0.15, 0.2) is 48.5 Å². The quantitative estimate of drug-likeness (QED) is 0.447. The molecule has 0 atom stereocenters. The van der Waals surface area contributed by atoms with E-state index in [9.17, 15) is 8.78 Å². The van der Waals surface area contributed by atoms with Crippen molar-refractivity contribution in [2.45, 2.75) is 12.6 Å². The number of alkyl halides is 1. The highest BCUT2D eigenvalue weighted by molar-refractivity contribution is 9.09. The van der Waals surface area contributed by atoms with Crippen LogP contribution < -0.4 is 4.74 Å². The number of ether oxygens (including phenoxy) is 5. The van der Waals surface area contributed by atoms with Crippen LogP contribution in [0, 0.1) is 11.6 Å². The van der Waals surface area contributed by atoms with Gasteiger partial charge in [-0.05, 0) is 48.5 Å². The number of benzene rings is 2. The van der Waals surface area contributed by atoms with Gasteiger partial charge >= 0.3 is 0 Å². The van der Waals surface area contributed by atoms with Gasteiger partial charge in [-0.15, -0.1) is 0 Å². The standard InChI is InChI=1S/C10H13FO3.C6H5FO.C4H9BrO2/c1-12-10(13-2)7-14-9-5-3-8(11)4-6-9;7-5-1-3-6(8)4-2-5;1-6-4(3-5)7-2/h3-6,10H,7H2,1-2H3;1-4,8H;4H,3H2,1-2H3. The van der Waals surface area contributed by atoms with Crippen molar-refractivity contribution in [3.05, 3.63) is 60.2 Å². The maximum absolute atomic E-state index is 12.5. The molecule has 0 spiro atoms. The lowest BCUT2D eigenvalue weighted by atomic mass is 10.3. The summed E-state index contributed by atoms with van der Waals surface area (Å²) in [5.41, 5.74) is 0. The van der Waals surface area contributed by atoms with Crippen molar-refractivity contribution in [1.29, 1.82) is 0 Å². The highest BCUT2D eigenvalue weighted by Gasteiger charge is 2.05. The van der Waals surface area contributed by atoms with E-state index in [-0.39, 0.29) is 30.3 Å². The van der Waals surface area contributed by atoms with Gasteiger partial charge in [0, 0.05) is 28.4 Å². The summed E-state index contributed by atoms with van der Waals surface area (Å²) in [5.74, 6) is 0.0621. The van der Waals surface area contributed by atoms with Gasteiger partial charge in [-0.25, -0.2) is 8.78 Å². The predicted octanol–water partition coefficient (Wildman–Crippen LogP) is 4.35. The first-order chi connectivity index (χ1) is 13.9. The molecule has 164 valence electrons. The van der Waals surface area contributed by atoms with Gasteiger partial charge in [0.15, 0.2) is 12.6 Å². The van der Waals surface area contributed by atoms with Gasteiger partial charge in [-0.2, -0.15) is 0 Å². The molecule has 0 aromatic heterocycles. The molecule has 9 heteroatoms. The zero-order chi connectivity index (χ0) is 22.1. The summed E-state index contributed by atoms with van der Waals surface area (Å²) < 4.78 is 49.2. The van der Waals surface area contributed by atoms with Crippen LogP contribution in [0.3, 0.4) is 0 Å². The zero-order valence-corrected chi connectivity index (χ0v) is 18.4. The van der Waals surface area contributed by atoms with Crippen molar-refractivity contribution in [2.24, 2.45) is 0 Å². The molecule has 0 unspecified atom stereocenters. The smallest absolute Gasteiger partial charge is 0.191 e. The fraction of sp³-hybridized carbons (Fsp3) is 0.400. The molecule has 0 fully saturated rings. The van der Waals surface area contributed by atoms with Crippen molar-refractivity contribution in [3.63, 3.8) is 0 Å². The van der Waals surface area contributed by atoms with Crippen LogP contribution in [-0.4, -0.2) is 58.1 Å². The molecule has 0 saturated heterocycles. The third kappa shape index (κ3) is 13.9. The Hall–Kier alpha value is -1.78. The van der Waals surface area contributed by atoms with Crippen molar-refractivity contribution in [2.75, 3.05) is 40.4 Å². The van der Waals surface area contributed by atoms with Gasteiger partial charge in [-0.3, -0.25) is 0 Å². The molecule has 0 amide bonds. The molecular weight excluding hydrogens is 454 g/mol. The van der Waals surface area contributed by atoms with Crippen LogP contribution in [0.4, 0.5) is 8.78 Å². The fourth-order valence-corrected chi connectivity index (χ4v) is 2.12. The van der Waals surface area contributed by atoms with E-state index in [0.29, 0.717) is 5.75 Å². The second-order valence-electron chi connectivity index (χ2n) is 5.20. The number of aromatic hydroxyl groups is 1. The maximum atomic E-state index is 12.5. The van der Waals surface area contributed by atoms with Crippen molar-refractivity contribution >= 4 is 15.9 Å². The average molecular weight is 481 g/mol. The summed E-state index contributed by atoms with van der Waals surface area (Å²) >= 11 is 3.19. The minimum absolute atomic E-state index is 0.0893. The van der Waals surface area contributed by atoms with Crippen molar-refractivity contribution in [3.8, 4) is 11.5 Å². The number of rotatable bonds is 8. The summed E-state index contributed by atoms with van der Waals surface area (Å²) in [7, 11) is 6.27. The van der Waals surface area contributed by atoms with E-state index in [4.69, 9.17) is 28.8 Å². The molecule has 2 rings (SSSR count). The third-order valence-electron chi connectivity index (χ3n) is 3.20. The fourth-order valence-electron chi connectivity index (χ4n) is 1.59. The molecule has 0 aliphatic heterocycles. The number of phenols is 1. The second-order valence-corrected chi connectivity index (χ2v) is 5.85. The Morgan fingerprint density at radius 1 is 0.759 bits per heavy atom. The molecule has 0 radical (unpaired) electrons. The molecule has 2 aromatic carbocycles. The SMILES string of the molecule is COC(CBr)OC.COC(COc1ccc(F)cc1)OC.Oc1ccc(F)cc1. The number of hydrogen-bond donors (Lipinski definition) is 1. The first-order valence-corrected chi connectivity index (χ1v) is 9.52. The van der Waals surface area contributed by atoms with Crippen LogP contribution >= 0.6 is 15.9 Å². The van der Waals surface area contributed by atoms with Crippen LogP contribution in [0.5, 0.6) is 11.5 Å². The largest absolute Gasteiger partial charge is 0.508 e. The van der Waals surface area contributed by atoms with Gasteiger partial charge < -0.3 is 28.8 Å². The van der Waals surface area contributed by atoms with Crippen molar-refractivity contribution < 1.29 is 37.6 Å². The monoisotopic (exact) mass is 480 g/mol. The van der Waals surface area contributed by atoms with E-state index in [1.165, 1.54) is 50.6 Å². The van der Waals surface area contributed by atoms with E-state index < -0.39 is 6.29 Å². The summed E-state index contributed by atoms with van der Waals surface area (Å²) in [6.45, 7) is 0.276. The Labute approximate surface area is 178 Å². The Balaban J connectivity index is 0.000000444.